The second kappa shape index (κ2) is 12.0. The summed E-state index contributed by atoms with van der Waals surface area (Å²) in [4.78, 5) is 18.5. The molecule has 3 aromatic carbocycles. The summed E-state index contributed by atoms with van der Waals surface area (Å²) in [5.41, 5.74) is 11.1. The maximum atomic E-state index is 10.6. The van der Waals surface area contributed by atoms with Gasteiger partial charge in [-0.2, -0.15) is 0 Å². The predicted octanol–water partition coefficient (Wildman–Crippen LogP) is 9.89. The molecule has 0 radical (unpaired) electrons. The second-order valence-electron chi connectivity index (χ2n) is 12.1. The van der Waals surface area contributed by atoms with Crippen LogP contribution in [0.2, 0.25) is 0 Å². The van der Waals surface area contributed by atoms with Crippen molar-refractivity contribution in [2.24, 2.45) is 11.8 Å². The predicted molar refractivity (Wildman–Crippen MR) is 177 cm³/mol. The highest BCUT2D eigenvalue weighted by molar-refractivity contribution is 6.03. The third kappa shape index (κ3) is 5.62. The van der Waals surface area contributed by atoms with Gasteiger partial charge in [-0.3, -0.25) is 0 Å². The quantitative estimate of drug-likeness (QED) is 0.235. The topological polar surface area (TPSA) is 63.1 Å². The van der Waals surface area contributed by atoms with E-state index in [0.29, 0.717) is 23.4 Å². The molecule has 216 valence electrons. The fourth-order valence-corrected chi connectivity index (χ4v) is 6.53. The fourth-order valence-electron chi connectivity index (χ4n) is 6.53. The Balaban J connectivity index is 0.000000211. The van der Waals surface area contributed by atoms with Gasteiger partial charge in [0.05, 0.1) is 5.56 Å². The SMILES string of the molecule is CCC1C=CC2=C(C1)C(C)Cc1c2ccc2cc(C(C)C)cc(-c3ccccc3)c12.O=C(O)c1cnc2ncccc2c1. The normalized spacial score (nSPS) is 17.4. The average Bonchev–Trinajstić information content (AvgIpc) is 3.04. The van der Waals surface area contributed by atoms with Crippen LogP contribution in [0, 0.1) is 11.8 Å². The van der Waals surface area contributed by atoms with E-state index in [-0.39, 0.29) is 5.56 Å². The minimum Gasteiger partial charge on any atom is -0.478 e. The van der Waals surface area contributed by atoms with Crippen molar-refractivity contribution in [3.05, 3.63) is 125 Å². The number of hydrogen-bond acceptors (Lipinski definition) is 3. The maximum absolute atomic E-state index is 10.6. The monoisotopic (exact) mass is 566 g/mol. The molecule has 7 rings (SSSR count). The standard InChI is InChI=1S/C30H32.C9H6N2O2/c1-5-21-11-13-25-26-14-12-23-17-24(19(2)3)18-28(22-9-7-6-8-10-22)30(23)29(26)15-20(4)27(25)16-21;12-9(13)7-4-6-2-1-3-10-8(6)11-5-7/h6-14,17-21H,5,15-16H2,1-4H3;1-5H,(H,12,13). The van der Waals surface area contributed by atoms with E-state index < -0.39 is 5.97 Å². The minimum absolute atomic E-state index is 0.181. The van der Waals surface area contributed by atoms with Crippen molar-refractivity contribution in [3.63, 3.8) is 0 Å². The number of fused-ring (bicyclic) bond motifs is 5. The third-order valence-corrected chi connectivity index (χ3v) is 8.98. The average molecular weight is 567 g/mol. The zero-order valence-corrected chi connectivity index (χ0v) is 25.3. The van der Waals surface area contributed by atoms with Gasteiger partial charge in [0.25, 0.3) is 0 Å². The smallest absolute Gasteiger partial charge is 0.337 e. The molecule has 2 atom stereocenters. The maximum Gasteiger partial charge on any atom is 0.337 e. The van der Waals surface area contributed by atoms with Crippen LogP contribution in [-0.2, 0) is 6.42 Å². The molecular formula is C39H38N2O2. The van der Waals surface area contributed by atoms with E-state index in [0.717, 1.165) is 11.8 Å². The first-order chi connectivity index (χ1) is 20.8. The number of carboxylic acids is 1. The number of rotatable bonds is 4. The molecule has 0 saturated heterocycles. The highest BCUT2D eigenvalue weighted by Crippen LogP contribution is 2.46. The Bertz CT molecular complexity index is 1880. The Morgan fingerprint density at radius 3 is 2.49 bits per heavy atom. The molecule has 0 saturated carbocycles. The van der Waals surface area contributed by atoms with Crippen LogP contribution in [0.3, 0.4) is 0 Å². The van der Waals surface area contributed by atoms with Gasteiger partial charge in [-0.25, -0.2) is 14.8 Å². The lowest BCUT2D eigenvalue weighted by molar-refractivity contribution is 0.0696. The molecule has 0 spiro atoms. The lowest BCUT2D eigenvalue weighted by Gasteiger charge is -2.33. The summed E-state index contributed by atoms with van der Waals surface area (Å²) in [6.07, 6.45) is 11.4. The molecule has 2 aliphatic carbocycles. The Labute approximate surface area is 253 Å². The second-order valence-corrected chi connectivity index (χ2v) is 12.1. The molecule has 2 aliphatic rings. The van der Waals surface area contributed by atoms with Gasteiger partial charge in [-0.1, -0.05) is 100 Å². The van der Waals surface area contributed by atoms with E-state index in [2.05, 4.69) is 104 Å². The summed E-state index contributed by atoms with van der Waals surface area (Å²) in [6.45, 7) is 9.34. The highest BCUT2D eigenvalue weighted by Gasteiger charge is 2.29. The van der Waals surface area contributed by atoms with Gasteiger partial charge in [-0.05, 0) is 99.4 Å². The van der Waals surface area contributed by atoms with Crippen LogP contribution < -0.4 is 0 Å². The molecule has 43 heavy (non-hydrogen) atoms. The third-order valence-electron chi connectivity index (χ3n) is 8.98. The van der Waals surface area contributed by atoms with E-state index in [4.69, 9.17) is 5.11 Å². The Hall–Kier alpha value is -4.57. The number of carbonyl (C=O) groups is 1. The van der Waals surface area contributed by atoms with Crippen molar-refractivity contribution in [2.45, 2.75) is 52.9 Å². The van der Waals surface area contributed by atoms with Crippen LogP contribution >= 0.6 is 0 Å². The number of hydrogen-bond donors (Lipinski definition) is 1. The molecule has 0 fully saturated rings. The zero-order chi connectivity index (χ0) is 30.1. The molecule has 1 N–H and O–H groups in total. The molecule has 2 unspecified atom stereocenters. The Morgan fingerprint density at radius 2 is 1.74 bits per heavy atom. The number of pyridine rings is 2. The van der Waals surface area contributed by atoms with E-state index in [1.54, 1.807) is 35.5 Å². The molecule has 2 heterocycles. The van der Waals surface area contributed by atoms with Crippen molar-refractivity contribution >= 4 is 33.3 Å². The van der Waals surface area contributed by atoms with Gasteiger partial charge in [-0.15, -0.1) is 0 Å². The lowest BCUT2D eigenvalue weighted by Crippen LogP contribution is -2.18. The largest absolute Gasteiger partial charge is 0.478 e. The summed E-state index contributed by atoms with van der Waals surface area (Å²) in [5.74, 6) is 0.874. The van der Waals surface area contributed by atoms with Crippen molar-refractivity contribution in [1.29, 1.82) is 0 Å². The van der Waals surface area contributed by atoms with E-state index in [9.17, 15) is 4.79 Å². The van der Waals surface area contributed by atoms with Gasteiger partial charge in [0, 0.05) is 17.8 Å². The number of benzene rings is 3. The molecule has 0 aliphatic heterocycles. The Morgan fingerprint density at radius 1 is 0.930 bits per heavy atom. The molecule has 0 bridgehead atoms. The number of allylic oxidation sites excluding steroid dienone is 4. The summed E-state index contributed by atoms with van der Waals surface area (Å²) in [7, 11) is 0. The van der Waals surface area contributed by atoms with Crippen LogP contribution in [0.15, 0.2) is 103 Å². The number of aromatic carboxylic acids is 1. The van der Waals surface area contributed by atoms with Crippen LogP contribution in [-0.4, -0.2) is 21.0 Å². The molecule has 0 amide bonds. The van der Waals surface area contributed by atoms with Crippen LogP contribution in [0.1, 0.15) is 73.5 Å². The number of nitrogens with zero attached hydrogens (tertiary/aromatic N) is 2. The molecule has 4 heteroatoms. The summed E-state index contributed by atoms with van der Waals surface area (Å²) in [6, 6.07) is 25.7. The first-order valence-electron chi connectivity index (χ1n) is 15.3. The number of aromatic nitrogens is 2. The Kier molecular flexibility index (Phi) is 7.94. The van der Waals surface area contributed by atoms with E-state index in [1.165, 1.54) is 57.6 Å². The van der Waals surface area contributed by atoms with Crippen LogP contribution in [0.4, 0.5) is 0 Å². The van der Waals surface area contributed by atoms with Crippen LogP contribution in [0.25, 0.3) is 38.5 Å². The highest BCUT2D eigenvalue weighted by atomic mass is 16.4. The van der Waals surface area contributed by atoms with Crippen molar-refractivity contribution in [1.82, 2.24) is 9.97 Å². The summed E-state index contributed by atoms with van der Waals surface area (Å²) < 4.78 is 0. The summed E-state index contributed by atoms with van der Waals surface area (Å²) in [5, 5.41) is 12.3. The van der Waals surface area contributed by atoms with Gasteiger partial charge < -0.3 is 5.11 Å². The lowest BCUT2D eigenvalue weighted by atomic mass is 9.71. The van der Waals surface area contributed by atoms with Crippen molar-refractivity contribution in [3.8, 4) is 11.1 Å². The van der Waals surface area contributed by atoms with Crippen LogP contribution in [0.5, 0.6) is 0 Å². The first kappa shape index (κ1) is 28.5. The summed E-state index contributed by atoms with van der Waals surface area (Å²) >= 11 is 0. The van der Waals surface area contributed by atoms with Gasteiger partial charge in [0.1, 0.15) is 0 Å². The number of carboxylic acid groups (broad SMARTS) is 1. The van der Waals surface area contributed by atoms with Gasteiger partial charge in [0.2, 0.25) is 0 Å². The van der Waals surface area contributed by atoms with Crippen molar-refractivity contribution in [2.75, 3.05) is 0 Å². The zero-order valence-electron chi connectivity index (χ0n) is 25.3. The minimum atomic E-state index is -0.974. The fraction of sp³-hybridized carbons (Fsp3) is 0.256. The molecule has 4 nitrogen and oxygen atoms in total. The molecular weight excluding hydrogens is 528 g/mol. The van der Waals surface area contributed by atoms with Crippen molar-refractivity contribution < 1.29 is 9.90 Å². The molecule has 5 aromatic rings. The first-order valence-corrected chi connectivity index (χ1v) is 15.3. The van der Waals surface area contributed by atoms with Gasteiger partial charge in [0.15, 0.2) is 5.65 Å². The van der Waals surface area contributed by atoms with Gasteiger partial charge >= 0.3 is 5.97 Å². The molecule has 2 aromatic heterocycles. The van der Waals surface area contributed by atoms with E-state index in [1.807, 2.05) is 0 Å². The van der Waals surface area contributed by atoms with E-state index >= 15 is 0 Å².